The number of β-amino-alcohol motifs (C(OH)–C–C–N with tert-alkyl or cyclic N) is 1. The van der Waals surface area contributed by atoms with Crippen LogP contribution in [0.1, 0.15) is 26.3 Å². The zero-order chi connectivity index (χ0) is 21.3. The Labute approximate surface area is 175 Å². The highest BCUT2D eigenvalue weighted by atomic mass is 16.5. The van der Waals surface area contributed by atoms with Crippen LogP contribution in [-0.2, 0) is 14.9 Å². The van der Waals surface area contributed by atoms with Crippen molar-refractivity contribution in [1.82, 2.24) is 15.1 Å². The smallest absolute Gasteiger partial charge is 0.234 e. The zero-order valence-electron chi connectivity index (χ0n) is 18.3. The molecule has 1 aromatic rings. The Hall–Kier alpha value is -1.67. The number of benzene rings is 1. The Kier molecular flexibility index (Phi) is 9.36. The minimum Gasteiger partial charge on any atom is -0.491 e. The summed E-state index contributed by atoms with van der Waals surface area (Å²) >= 11 is 0. The van der Waals surface area contributed by atoms with Gasteiger partial charge in [0.05, 0.1) is 13.2 Å². The van der Waals surface area contributed by atoms with Crippen molar-refractivity contribution in [2.45, 2.75) is 32.3 Å². The fourth-order valence-corrected chi connectivity index (χ4v) is 3.43. The maximum Gasteiger partial charge on any atom is 0.234 e. The predicted molar refractivity (Wildman–Crippen MR) is 114 cm³/mol. The summed E-state index contributed by atoms with van der Waals surface area (Å²) in [6.07, 6.45) is -0.549. The average molecular weight is 408 g/mol. The van der Waals surface area contributed by atoms with E-state index in [-0.39, 0.29) is 17.9 Å². The zero-order valence-corrected chi connectivity index (χ0v) is 18.3. The first kappa shape index (κ1) is 23.6. The molecule has 0 saturated carbocycles. The van der Waals surface area contributed by atoms with Gasteiger partial charge >= 0.3 is 0 Å². The summed E-state index contributed by atoms with van der Waals surface area (Å²) in [6, 6.07) is 8.01. The number of para-hydroxylation sites is 1. The van der Waals surface area contributed by atoms with Crippen molar-refractivity contribution in [3.05, 3.63) is 29.8 Å². The molecule has 1 saturated heterocycles. The summed E-state index contributed by atoms with van der Waals surface area (Å²) in [5.74, 6) is 0.866. The van der Waals surface area contributed by atoms with Crippen molar-refractivity contribution >= 4 is 5.91 Å². The number of hydrogen-bond acceptors (Lipinski definition) is 6. The van der Waals surface area contributed by atoms with Crippen molar-refractivity contribution in [1.29, 1.82) is 0 Å². The fraction of sp³-hybridized carbons (Fsp3) is 0.682. The number of ether oxygens (including phenoxy) is 2. The normalized spacial score (nSPS) is 17.1. The third kappa shape index (κ3) is 8.30. The molecule has 0 spiro atoms. The topological polar surface area (TPSA) is 74.3 Å². The Bertz CT molecular complexity index is 625. The lowest BCUT2D eigenvalue weighted by Crippen LogP contribution is -2.51. The number of amides is 1. The van der Waals surface area contributed by atoms with Gasteiger partial charge < -0.3 is 19.9 Å². The summed E-state index contributed by atoms with van der Waals surface area (Å²) < 4.78 is 10.9. The molecule has 0 radical (unpaired) electrons. The van der Waals surface area contributed by atoms with E-state index in [2.05, 4.69) is 42.0 Å². The van der Waals surface area contributed by atoms with Gasteiger partial charge in [-0.2, -0.15) is 0 Å². The van der Waals surface area contributed by atoms with Crippen LogP contribution in [0.2, 0.25) is 0 Å². The van der Waals surface area contributed by atoms with Crippen molar-refractivity contribution in [3.63, 3.8) is 0 Å². The van der Waals surface area contributed by atoms with E-state index in [0.717, 1.165) is 37.5 Å². The number of carbonyl (C=O) groups excluding carboxylic acids is 1. The molecular formula is C22H37N3O4. The van der Waals surface area contributed by atoms with Gasteiger partial charge in [-0.25, -0.2) is 0 Å². The first-order valence-electron chi connectivity index (χ1n) is 10.4. The van der Waals surface area contributed by atoms with Crippen molar-refractivity contribution in [3.8, 4) is 5.75 Å². The van der Waals surface area contributed by atoms with Gasteiger partial charge in [0, 0.05) is 46.4 Å². The Balaban J connectivity index is 1.70. The van der Waals surface area contributed by atoms with Crippen molar-refractivity contribution in [2.24, 2.45) is 0 Å². The van der Waals surface area contributed by atoms with Crippen LogP contribution in [0.5, 0.6) is 5.75 Å². The van der Waals surface area contributed by atoms with Crippen LogP contribution in [0, 0.1) is 0 Å². The molecule has 7 heteroatoms. The number of rotatable bonds is 10. The first-order valence-corrected chi connectivity index (χ1v) is 10.4. The van der Waals surface area contributed by atoms with Gasteiger partial charge in [-0.15, -0.1) is 0 Å². The summed E-state index contributed by atoms with van der Waals surface area (Å²) in [5, 5.41) is 13.3. The van der Waals surface area contributed by atoms with Gasteiger partial charge in [-0.3, -0.25) is 14.6 Å². The summed E-state index contributed by atoms with van der Waals surface area (Å²) in [4.78, 5) is 16.2. The third-order valence-corrected chi connectivity index (χ3v) is 5.06. The van der Waals surface area contributed by atoms with E-state index in [1.54, 1.807) is 7.11 Å². The maximum atomic E-state index is 11.9. The molecule has 0 aromatic heterocycles. The molecule has 1 aromatic carbocycles. The molecule has 0 bridgehead atoms. The van der Waals surface area contributed by atoms with Crippen LogP contribution in [0.15, 0.2) is 24.3 Å². The van der Waals surface area contributed by atoms with Crippen LogP contribution in [0.25, 0.3) is 0 Å². The molecular weight excluding hydrogens is 370 g/mol. The number of carbonyl (C=O) groups is 1. The second-order valence-corrected chi connectivity index (χ2v) is 8.63. The number of nitrogens with zero attached hydrogens (tertiary/aromatic N) is 2. The molecule has 1 unspecified atom stereocenters. The molecule has 2 N–H and O–H groups in total. The maximum absolute atomic E-state index is 11.9. The third-order valence-electron chi connectivity index (χ3n) is 5.06. The molecule has 164 valence electrons. The van der Waals surface area contributed by atoms with Crippen molar-refractivity contribution in [2.75, 3.05) is 66.1 Å². The number of nitrogens with one attached hydrogen (secondary N) is 1. The summed E-state index contributed by atoms with van der Waals surface area (Å²) in [7, 11) is 1.62. The number of hydrogen-bond donors (Lipinski definition) is 2. The van der Waals surface area contributed by atoms with Gasteiger partial charge in [0.25, 0.3) is 0 Å². The van der Waals surface area contributed by atoms with Crippen LogP contribution in [0.3, 0.4) is 0 Å². The molecule has 0 aliphatic carbocycles. The van der Waals surface area contributed by atoms with E-state index in [1.165, 1.54) is 0 Å². The van der Waals surface area contributed by atoms with E-state index in [1.807, 2.05) is 18.2 Å². The van der Waals surface area contributed by atoms with Gasteiger partial charge in [0.1, 0.15) is 18.5 Å². The number of methoxy groups -OCH3 is 1. The highest BCUT2D eigenvalue weighted by molar-refractivity contribution is 5.78. The van der Waals surface area contributed by atoms with E-state index >= 15 is 0 Å². The molecule has 1 aliphatic rings. The molecule has 7 nitrogen and oxygen atoms in total. The Morgan fingerprint density at radius 2 is 1.83 bits per heavy atom. The van der Waals surface area contributed by atoms with Crippen LogP contribution >= 0.6 is 0 Å². The molecule has 1 aliphatic heterocycles. The highest BCUT2D eigenvalue weighted by Crippen LogP contribution is 2.30. The van der Waals surface area contributed by atoms with E-state index < -0.39 is 6.10 Å². The number of aliphatic hydroxyl groups excluding tert-OH is 1. The van der Waals surface area contributed by atoms with Gasteiger partial charge in [0.2, 0.25) is 5.91 Å². The summed E-state index contributed by atoms with van der Waals surface area (Å²) in [5.41, 5.74) is 1.14. The van der Waals surface area contributed by atoms with Crippen LogP contribution in [-0.4, -0.2) is 93.1 Å². The predicted octanol–water partition coefficient (Wildman–Crippen LogP) is 1.10. The lowest BCUT2D eigenvalue weighted by Gasteiger charge is -2.35. The molecule has 2 rings (SSSR count). The second kappa shape index (κ2) is 11.5. The standard InChI is InChI=1S/C22H37N3O4/c1-22(2,3)19-7-5-6-8-20(19)29-17-18(26)15-24-10-12-25(13-11-24)16-21(27)23-9-14-28-4/h5-8,18,26H,9-17H2,1-4H3,(H,23,27). The lowest BCUT2D eigenvalue weighted by atomic mass is 9.86. The van der Waals surface area contributed by atoms with Gasteiger partial charge in [-0.1, -0.05) is 39.0 Å². The van der Waals surface area contributed by atoms with Crippen LogP contribution in [0.4, 0.5) is 0 Å². The quantitative estimate of drug-likeness (QED) is 0.566. The summed E-state index contributed by atoms with van der Waals surface area (Å²) in [6.45, 7) is 12.1. The fourth-order valence-electron chi connectivity index (χ4n) is 3.43. The van der Waals surface area contributed by atoms with Crippen LogP contribution < -0.4 is 10.1 Å². The van der Waals surface area contributed by atoms with Crippen molar-refractivity contribution < 1.29 is 19.4 Å². The second-order valence-electron chi connectivity index (χ2n) is 8.63. The molecule has 1 fully saturated rings. The monoisotopic (exact) mass is 407 g/mol. The van der Waals surface area contributed by atoms with E-state index in [0.29, 0.717) is 26.2 Å². The number of aliphatic hydroxyl groups is 1. The Morgan fingerprint density at radius 1 is 1.17 bits per heavy atom. The van der Waals surface area contributed by atoms with Gasteiger partial charge in [0.15, 0.2) is 0 Å². The molecule has 29 heavy (non-hydrogen) atoms. The minimum atomic E-state index is -0.549. The average Bonchev–Trinajstić information content (AvgIpc) is 2.68. The molecule has 1 amide bonds. The molecule has 1 heterocycles. The number of piperazine rings is 1. The largest absolute Gasteiger partial charge is 0.491 e. The Morgan fingerprint density at radius 3 is 2.48 bits per heavy atom. The molecule has 1 atom stereocenters. The lowest BCUT2D eigenvalue weighted by molar-refractivity contribution is -0.122. The minimum absolute atomic E-state index is 0.00622. The SMILES string of the molecule is COCCNC(=O)CN1CCN(CC(O)COc2ccccc2C(C)(C)C)CC1. The highest BCUT2D eigenvalue weighted by Gasteiger charge is 2.22. The first-order chi connectivity index (χ1) is 13.8. The van der Waals surface area contributed by atoms with Gasteiger partial charge in [-0.05, 0) is 17.0 Å². The van der Waals surface area contributed by atoms with E-state index in [4.69, 9.17) is 9.47 Å². The van der Waals surface area contributed by atoms with E-state index in [9.17, 15) is 9.90 Å².